The van der Waals surface area contributed by atoms with E-state index in [0.717, 1.165) is 46.4 Å². The minimum atomic E-state index is 0.492. The highest BCUT2D eigenvalue weighted by molar-refractivity contribution is 7.99. The summed E-state index contributed by atoms with van der Waals surface area (Å²) in [7, 11) is 0. The first-order chi connectivity index (χ1) is 14.7. The van der Waals surface area contributed by atoms with Crippen LogP contribution in [-0.2, 0) is 30.7 Å². The van der Waals surface area contributed by atoms with E-state index in [0.29, 0.717) is 24.3 Å². The molecule has 0 radical (unpaired) electrons. The Morgan fingerprint density at radius 1 is 1.03 bits per heavy atom. The third-order valence-corrected chi connectivity index (χ3v) is 5.80. The molecule has 0 bridgehead atoms. The van der Waals surface area contributed by atoms with E-state index in [2.05, 4.69) is 42.7 Å². The zero-order valence-electron chi connectivity index (χ0n) is 17.3. The van der Waals surface area contributed by atoms with Crippen molar-refractivity contribution in [2.24, 2.45) is 0 Å². The van der Waals surface area contributed by atoms with Gasteiger partial charge in [-0.3, -0.25) is 0 Å². The Morgan fingerprint density at radius 2 is 1.73 bits per heavy atom. The molecule has 0 spiro atoms. The molecular weight excluding hydrogens is 392 g/mol. The van der Waals surface area contributed by atoms with Crippen LogP contribution in [0.3, 0.4) is 0 Å². The molecule has 0 aliphatic heterocycles. The second-order valence-electron chi connectivity index (χ2n) is 6.74. The second kappa shape index (κ2) is 10.6. The number of rotatable bonds is 9. The van der Waals surface area contributed by atoms with Crippen molar-refractivity contribution in [3.63, 3.8) is 0 Å². The van der Waals surface area contributed by atoms with Gasteiger partial charge in [-0.15, -0.1) is 0 Å². The maximum atomic E-state index is 9.26. The number of nitriles is 2. The Bertz CT molecular complexity index is 1040. The van der Waals surface area contributed by atoms with Gasteiger partial charge in [0.2, 0.25) is 0 Å². The zero-order chi connectivity index (χ0) is 21.3. The van der Waals surface area contributed by atoms with E-state index in [1.807, 2.05) is 30.3 Å². The summed E-state index contributed by atoms with van der Waals surface area (Å²) < 4.78 is 8.06. The van der Waals surface area contributed by atoms with Crippen LogP contribution in [0.2, 0.25) is 0 Å². The van der Waals surface area contributed by atoms with Gasteiger partial charge < -0.3 is 9.30 Å². The lowest BCUT2D eigenvalue weighted by Crippen LogP contribution is -2.07. The normalized spacial score (nSPS) is 10.5. The number of ether oxygens (including phenoxy) is 1. The summed E-state index contributed by atoms with van der Waals surface area (Å²) >= 11 is 1.56. The van der Waals surface area contributed by atoms with Crippen LogP contribution in [0.4, 0.5) is 0 Å². The van der Waals surface area contributed by atoms with E-state index in [1.54, 1.807) is 17.8 Å². The predicted molar refractivity (Wildman–Crippen MR) is 117 cm³/mol. The van der Waals surface area contributed by atoms with Crippen molar-refractivity contribution >= 4 is 11.8 Å². The highest BCUT2D eigenvalue weighted by Crippen LogP contribution is 2.33. The summed E-state index contributed by atoms with van der Waals surface area (Å²) in [6, 6.07) is 19.7. The number of benzene rings is 2. The largest absolute Gasteiger partial charge is 0.376 e. The number of hydrogen-bond donors (Lipinski definition) is 0. The lowest BCUT2D eigenvalue weighted by Gasteiger charge is -2.11. The van der Waals surface area contributed by atoms with Crippen molar-refractivity contribution in [1.29, 1.82) is 10.5 Å². The molecule has 0 aliphatic carbocycles. The standard InChI is InChI=1S/C24H24N4OS/c1-3-22-24(30-21-13-19(15-25)12-20(14-21)16-26)28(4-2)23(27-22)10-11-29-17-18-8-6-5-7-9-18/h5-9,12-14H,3-4,10-11,17H2,1-2H3. The average Bonchev–Trinajstić information content (AvgIpc) is 3.13. The van der Waals surface area contributed by atoms with Gasteiger partial charge in [0.1, 0.15) is 10.9 Å². The maximum Gasteiger partial charge on any atom is 0.112 e. The maximum absolute atomic E-state index is 9.26. The molecule has 0 N–H and O–H groups in total. The van der Waals surface area contributed by atoms with Gasteiger partial charge in [0.25, 0.3) is 0 Å². The van der Waals surface area contributed by atoms with Crippen LogP contribution in [0.25, 0.3) is 0 Å². The van der Waals surface area contributed by atoms with Crippen LogP contribution in [0.5, 0.6) is 0 Å². The fourth-order valence-corrected chi connectivity index (χ4v) is 4.47. The molecule has 0 aliphatic rings. The highest BCUT2D eigenvalue weighted by Gasteiger charge is 2.17. The third-order valence-electron chi connectivity index (χ3n) is 4.68. The van der Waals surface area contributed by atoms with Crippen LogP contribution >= 0.6 is 11.8 Å². The number of nitrogens with zero attached hydrogens (tertiary/aromatic N) is 4. The van der Waals surface area contributed by atoms with Gasteiger partial charge in [0, 0.05) is 17.9 Å². The molecule has 3 aromatic rings. The Hall–Kier alpha value is -3.06. The van der Waals surface area contributed by atoms with Crippen molar-refractivity contribution in [2.75, 3.05) is 6.61 Å². The van der Waals surface area contributed by atoms with E-state index in [9.17, 15) is 10.5 Å². The van der Waals surface area contributed by atoms with Gasteiger partial charge >= 0.3 is 0 Å². The van der Waals surface area contributed by atoms with Gasteiger partial charge in [-0.2, -0.15) is 10.5 Å². The smallest absolute Gasteiger partial charge is 0.112 e. The van der Waals surface area contributed by atoms with E-state index >= 15 is 0 Å². The number of hydrogen-bond acceptors (Lipinski definition) is 5. The van der Waals surface area contributed by atoms with Crippen molar-refractivity contribution in [2.45, 2.75) is 49.8 Å². The third kappa shape index (κ3) is 5.30. The molecule has 30 heavy (non-hydrogen) atoms. The van der Waals surface area contributed by atoms with Crippen molar-refractivity contribution in [3.8, 4) is 12.1 Å². The molecule has 2 aromatic carbocycles. The molecule has 0 fully saturated rings. The number of imidazole rings is 1. The summed E-state index contributed by atoms with van der Waals surface area (Å²) in [5.74, 6) is 1.00. The van der Waals surface area contributed by atoms with Crippen molar-refractivity contribution < 1.29 is 4.74 Å². The first-order valence-corrected chi connectivity index (χ1v) is 10.8. The van der Waals surface area contributed by atoms with Crippen LogP contribution < -0.4 is 0 Å². The van der Waals surface area contributed by atoms with Crippen LogP contribution in [0, 0.1) is 22.7 Å². The molecule has 1 aromatic heterocycles. The summed E-state index contributed by atoms with van der Waals surface area (Å²) in [6.07, 6.45) is 1.55. The summed E-state index contributed by atoms with van der Waals surface area (Å²) in [5, 5.41) is 19.6. The molecule has 0 saturated heterocycles. The molecule has 0 unspecified atom stereocenters. The first kappa shape index (κ1) is 21.6. The van der Waals surface area contributed by atoms with Gasteiger partial charge in [0.05, 0.1) is 42.2 Å². The van der Waals surface area contributed by atoms with Gasteiger partial charge in [-0.05, 0) is 37.1 Å². The minimum absolute atomic E-state index is 0.492. The van der Waals surface area contributed by atoms with E-state index in [-0.39, 0.29) is 0 Å². The quantitative estimate of drug-likeness (QED) is 0.453. The SMILES string of the molecule is CCc1nc(CCOCc2ccccc2)n(CC)c1Sc1cc(C#N)cc(C#N)c1. The van der Waals surface area contributed by atoms with Crippen LogP contribution in [0.15, 0.2) is 58.5 Å². The summed E-state index contributed by atoms with van der Waals surface area (Å²) in [5.41, 5.74) is 3.17. The zero-order valence-corrected chi connectivity index (χ0v) is 18.1. The van der Waals surface area contributed by atoms with Crippen LogP contribution in [-0.4, -0.2) is 16.2 Å². The summed E-state index contributed by atoms with van der Waals surface area (Å²) in [4.78, 5) is 5.73. The Balaban J connectivity index is 1.76. The molecule has 0 amide bonds. The van der Waals surface area contributed by atoms with Crippen molar-refractivity contribution in [1.82, 2.24) is 9.55 Å². The van der Waals surface area contributed by atoms with Crippen LogP contribution in [0.1, 0.15) is 42.1 Å². The molecule has 6 heteroatoms. The van der Waals surface area contributed by atoms with Gasteiger partial charge in [-0.1, -0.05) is 49.0 Å². The second-order valence-corrected chi connectivity index (χ2v) is 7.80. The molecule has 0 atom stereocenters. The first-order valence-electron chi connectivity index (χ1n) is 10.0. The number of aromatic nitrogens is 2. The monoisotopic (exact) mass is 416 g/mol. The average molecular weight is 417 g/mol. The topological polar surface area (TPSA) is 74.6 Å². The number of aryl methyl sites for hydroxylation is 1. The predicted octanol–water partition coefficient (Wildman–Crippen LogP) is 5.12. The van der Waals surface area contributed by atoms with Gasteiger partial charge in [-0.25, -0.2) is 4.98 Å². The highest BCUT2D eigenvalue weighted by atomic mass is 32.2. The molecule has 152 valence electrons. The molecule has 5 nitrogen and oxygen atoms in total. The Kier molecular flexibility index (Phi) is 7.68. The van der Waals surface area contributed by atoms with E-state index in [1.165, 1.54) is 0 Å². The summed E-state index contributed by atoms with van der Waals surface area (Å²) in [6.45, 7) is 6.18. The Morgan fingerprint density at radius 3 is 2.33 bits per heavy atom. The van der Waals surface area contributed by atoms with Crippen molar-refractivity contribution in [3.05, 3.63) is 76.7 Å². The van der Waals surface area contributed by atoms with Gasteiger partial charge in [0.15, 0.2) is 0 Å². The molecule has 3 rings (SSSR count). The fourth-order valence-electron chi connectivity index (χ4n) is 3.22. The Labute approximate surface area is 181 Å². The lowest BCUT2D eigenvalue weighted by molar-refractivity contribution is 0.122. The molecule has 0 saturated carbocycles. The molecular formula is C24H24N4OS. The lowest BCUT2D eigenvalue weighted by atomic mass is 10.1. The van der Waals surface area contributed by atoms with E-state index in [4.69, 9.17) is 9.72 Å². The minimum Gasteiger partial charge on any atom is -0.376 e. The molecule has 1 heterocycles. The fraction of sp³-hybridized carbons (Fsp3) is 0.292. The van der Waals surface area contributed by atoms with E-state index < -0.39 is 0 Å².